The molecule has 0 aliphatic heterocycles. The van der Waals surface area contributed by atoms with Crippen molar-refractivity contribution in [3.63, 3.8) is 0 Å². The number of aromatic nitrogens is 2. The van der Waals surface area contributed by atoms with Crippen LogP contribution in [0.1, 0.15) is 0 Å². The van der Waals surface area contributed by atoms with Crippen LogP contribution in [0.2, 0.25) is 0 Å². The van der Waals surface area contributed by atoms with Crippen LogP contribution in [0.15, 0.2) is 29.0 Å². The van der Waals surface area contributed by atoms with E-state index < -0.39 is 10.9 Å². The van der Waals surface area contributed by atoms with Crippen molar-refractivity contribution in [2.24, 2.45) is 0 Å². The molecule has 0 saturated heterocycles. The highest BCUT2D eigenvalue weighted by Gasteiger charge is 2.05. The van der Waals surface area contributed by atoms with Crippen LogP contribution >= 0.6 is 15.9 Å². The van der Waals surface area contributed by atoms with Gasteiger partial charge in [-0.15, -0.1) is 0 Å². The standard InChI is InChI=1S/C7H5BrN2O2S/c8-6-1-3-9-7-5(6)2-4-10(7)13(11)12/h1-4,13H. The van der Waals surface area contributed by atoms with Crippen molar-refractivity contribution >= 4 is 37.9 Å². The lowest BCUT2D eigenvalue weighted by atomic mass is 10.3. The largest absolute Gasteiger partial charge is 0.237 e. The molecule has 6 heteroatoms. The van der Waals surface area contributed by atoms with Gasteiger partial charge in [-0.25, -0.2) is 17.4 Å². The summed E-state index contributed by atoms with van der Waals surface area (Å²) in [5.41, 5.74) is 0.450. The quantitative estimate of drug-likeness (QED) is 0.784. The lowest BCUT2D eigenvalue weighted by molar-refractivity contribution is 0.608. The molecule has 0 aliphatic carbocycles. The normalized spacial score (nSPS) is 11.2. The third-order valence-corrected chi connectivity index (χ3v) is 3.06. The monoisotopic (exact) mass is 260 g/mol. The Morgan fingerprint density at radius 2 is 2.15 bits per heavy atom. The molecule has 0 spiro atoms. The number of pyridine rings is 1. The third kappa shape index (κ3) is 1.36. The van der Waals surface area contributed by atoms with Crippen molar-refractivity contribution in [2.45, 2.75) is 0 Å². The Labute approximate surface area is 84.4 Å². The molecule has 0 saturated carbocycles. The van der Waals surface area contributed by atoms with Gasteiger partial charge < -0.3 is 0 Å². The summed E-state index contributed by atoms with van der Waals surface area (Å²) >= 11 is 3.31. The zero-order valence-corrected chi connectivity index (χ0v) is 8.83. The Bertz CT molecular complexity index is 524. The number of thiol groups is 1. The molecule has 0 N–H and O–H groups in total. The van der Waals surface area contributed by atoms with Gasteiger partial charge in [0.05, 0.1) is 0 Å². The van der Waals surface area contributed by atoms with E-state index in [2.05, 4.69) is 20.9 Å². The maximum absolute atomic E-state index is 10.7. The molecule has 0 atom stereocenters. The van der Waals surface area contributed by atoms with E-state index in [1.165, 1.54) is 6.20 Å². The predicted molar refractivity (Wildman–Crippen MR) is 53.1 cm³/mol. The molecule has 0 bridgehead atoms. The molecule has 0 radical (unpaired) electrons. The second-order valence-corrected chi connectivity index (χ2v) is 4.19. The molecule has 68 valence electrons. The van der Waals surface area contributed by atoms with Gasteiger partial charge in [-0.2, -0.15) is 0 Å². The van der Waals surface area contributed by atoms with Gasteiger partial charge in [-0.1, -0.05) is 0 Å². The fourth-order valence-electron chi connectivity index (χ4n) is 1.12. The second kappa shape index (κ2) is 3.12. The van der Waals surface area contributed by atoms with Crippen LogP contribution in [0, 0.1) is 0 Å². The molecule has 0 amide bonds. The van der Waals surface area contributed by atoms with Gasteiger partial charge in [0.25, 0.3) is 0 Å². The molecule has 2 heterocycles. The zero-order chi connectivity index (χ0) is 9.42. The Morgan fingerprint density at radius 1 is 1.38 bits per heavy atom. The summed E-state index contributed by atoms with van der Waals surface area (Å²) in [7, 11) is -2.64. The van der Waals surface area contributed by atoms with E-state index in [0.29, 0.717) is 5.65 Å². The Kier molecular flexibility index (Phi) is 2.09. The maximum Gasteiger partial charge on any atom is 0.230 e. The van der Waals surface area contributed by atoms with Crippen LogP contribution in [0.3, 0.4) is 0 Å². The second-order valence-electron chi connectivity index (χ2n) is 2.43. The Morgan fingerprint density at radius 3 is 2.85 bits per heavy atom. The van der Waals surface area contributed by atoms with E-state index >= 15 is 0 Å². The number of hydrogen-bond acceptors (Lipinski definition) is 3. The smallest absolute Gasteiger partial charge is 0.230 e. The number of hydrogen-bond donors (Lipinski definition) is 1. The predicted octanol–water partition coefficient (Wildman–Crippen LogP) is 1.17. The summed E-state index contributed by atoms with van der Waals surface area (Å²) in [5, 5.41) is 0.793. The first-order chi connectivity index (χ1) is 6.20. The molecular weight excluding hydrogens is 256 g/mol. The fourth-order valence-corrected chi connectivity index (χ4v) is 2.04. The molecule has 13 heavy (non-hydrogen) atoms. The first-order valence-corrected chi connectivity index (χ1v) is 5.39. The topological polar surface area (TPSA) is 52.0 Å². The van der Waals surface area contributed by atoms with Crippen LogP contribution < -0.4 is 0 Å². The minimum atomic E-state index is -2.64. The summed E-state index contributed by atoms with van der Waals surface area (Å²) in [6.45, 7) is 0. The van der Waals surface area contributed by atoms with Gasteiger partial charge in [-0.3, -0.25) is 0 Å². The lowest BCUT2D eigenvalue weighted by Crippen LogP contribution is -1.94. The molecule has 4 nitrogen and oxygen atoms in total. The highest BCUT2D eigenvalue weighted by Crippen LogP contribution is 2.22. The minimum Gasteiger partial charge on any atom is -0.237 e. The average Bonchev–Trinajstić information content (AvgIpc) is 2.48. The van der Waals surface area contributed by atoms with Gasteiger partial charge in [0.1, 0.15) is 0 Å². The molecular formula is C7H5BrN2O2S. The Balaban J connectivity index is 2.90. The van der Waals surface area contributed by atoms with E-state index in [0.717, 1.165) is 13.8 Å². The van der Waals surface area contributed by atoms with E-state index in [4.69, 9.17) is 0 Å². The van der Waals surface area contributed by atoms with Crippen LogP contribution in [0.5, 0.6) is 0 Å². The third-order valence-electron chi connectivity index (χ3n) is 1.69. The van der Waals surface area contributed by atoms with Crippen molar-refractivity contribution in [3.8, 4) is 0 Å². The number of halogens is 1. The zero-order valence-electron chi connectivity index (χ0n) is 6.35. The van der Waals surface area contributed by atoms with E-state index in [-0.39, 0.29) is 0 Å². The van der Waals surface area contributed by atoms with Crippen LogP contribution in [-0.2, 0) is 10.9 Å². The molecule has 0 unspecified atom stereocenters. The van der Waals surface area contributed by atoms with Gasteiger partial charge in [-0.05, 0) is 28.1 Å². The van der Waals surface area contributed by atoms with Crippen molar-refractivity contribution in [1.82, 2.24) is 8.96 Å². The van der Waals surface area contributed by atoms with Crippen LogP contribution in [0.4, 0.5) is 0 Å². The molecule has 0 aromatic carbocycles. The SMILES string of the molecule is O=[SH](=O)n1ccc2c(Br)ccnc21. The van der Waals surface area contributed by atoms with E-state index in [1.807, 2.05) is 0 Å². The van der Waals surface area contributed by atoms with Gasteiger partial charge in [0.15, 0.2) is 5.65 Å². The lowest BCUT2D eigenvalue weighted by Gasteiger charge is -1.94. The van der Waals surface area contributed by atoms with Crippen molar-refractivity contribution < 1.29 is 8.42 Å². The highest BCUT2D eigenvalue weighted by molar-refractivity contribution is 9.10. The van der Waals surface area contributed by atoms with Crippen LogP contribution in [-0.4, -0.2) is 17.4 Å². The number of nitrogens with zero attached hydrogens (tertiary/aromatic N) is 2. The summed E-state index contributed by atoms with van der Waals surface area (Å²) in [4.78, 5) is 3.97. The van der Waals surface area contributed by atoms with Crippen LogP contribution in [0.25, 0.3) is 11.0 Å². The molecule has 0 aliphatic rings. The van der Waals surface area contributed by atoms with E-state index in [1.54, 1.807) is 18.3 Å². The van der Waals surface area contributed by atoms with Crippen molar-refractivity contribution in [2.75, 3.05) is 0 Å². The highest BCUT2D eigenvalue weighted by atomic mass is 79.9. The van der Waals surface area contributed by atoms with Gasteiger partial charge >= 0.3 is 0 Å². The maximum atomic E-state index is 10.7. The molecule has 2 rings (SSSR count). The summed E-state index contributed by atoms with van der Waals surface area (Å²) in [5.74, 6) is 0. The molecule has 0 fully saturated rings. The summed E-state index contributed by atoms with van der Waals surface area (Å²) in [6.07, 6.45) is 3.04. The first-order valence-electron chi connectivity index (χ1n) is 3.46. The fraction of sp³-hybridized carbons (Fsp3) is 0. The number of fused-ring (bicyclic) bond motifs is 1. The van der Waals surface area contributed by atoms with Gasteiger partial charge in [0.2, 0.25) is 10.9 Å². The first kappa shape index (κ1) is 8.71. The average molecular weight is 261 g/mol. The van der Waals surface area contributed by atoms with Gasteiger partial charge in [0, 0.05) is 22.3 Å². The Hall–Kier alpha value is -0.880. The molecule has 2 aromatic heterocycles. The van der Waals surface area contributed by atoms with Crippen molar-refractivity contribution in [3.05, 3.63) is 29.0 Å². The van der Waals surface area contributed by atoms with Crippen molar-refractivity contribution in [1.29, 1.82) is 0 Å². The van der Waals surface area contributed by atoms with E-state index in [9.17, 15) is 8.42 Å². The minimum absolute atomic E-state index is 0.450. The number of rotatable bonds is 1. The summed E-state index contributed by atoms with van der Waals surface area (Å²) < 4.78 is 23.4. The summed E-state index contributed by atoms with van der Waals surface area (Å²) in [6, 6.07) is 3.47. The molecule has 2 aromatic rings.